The molecule has 0 atom stereocenters. The second-order valence-corrected chi connectivity index (χ2v) is 10.1. The largest absolute Gasteiger partial charge is 0.352 e. The third-order valence-electron chi connectivity index (χ3n) is 4.00. The Bertz CT molecular complexity index is 186. The molecular weight excluding hydrogens is 264 g/mol. The van der Waals surface area contributed by atoms with Gasteiger partial charge in [0.25, 0.3) is 0 Å². The fraction of sp³-hybridized carbons (Fsp3) is 1.00. The normalized spacial score (nSPS) is 12.8. The molecule has 0 bridgehead atoms. The van der Waals surface area contributed by atoms with E-state index in [9.17, 15) is 4.55 Å². The van der Waals surface area contributed by atoms with E-state index in [1.165, 1.54) is 89.9 Å². The van der Waals surface area contributed by atoms with Gasteiger partial charge in [-0.15, -0.1) is 10.3 Å². The molecule has 0 radical (unpaired) electrons. The third-order valence-corrected chi connectivity index (χ3v) is 5.29. The Morgan fingerprint density at radius 3 is 1.15 bits per heavy atom. The first-order valence-electron chi connectivity index (χ1n) is 8.99. The van der Waals surface area contributed by atoms with Gasteiger partial charge in [-0.3, -0.25) is 0 Å². The average Bonchev–Trinajstić information content (AvgIpc) is 2.38. The second-order valence-electron chi connectivity index (χ2n) is 6.78. The van der Waals surface area contributed by atoms with E-state index in [-0.39, 0.29) is 0 Å². The van der Waals surface area contributed by atoms with Crippen molar-refractivity contribution in [1.29, 1.82) is 0 Å². The van der Waals surface area contributed by atoms with Crippen molar-refractivity contribution in [2.45, 2.75) is 96.8 Å². The minimum absolute atomic E-state index is 1.03. The first-order valence-corrected chi connectivity index (χ1v) is 11.6. The van der Waals surface area contributed by atoms with Crippen molar-refractivity contribution >= 4 is 10.3 Å². The molecule has 0 saturated heterocycles. The van der Waals surface area contributed by atoms with E-state index in [0.717, 1.165) is 5.75 Å². The molecule has 0 spiro atoms. The molecule has 0 aliphatic rings. The summed E-state index contributed by atoms with van der Waals surface area (Å²) in [4.78, 5) is 0. The van der Waals surface area contributed by atoms with Crippen LogP contribution in [0.5, 0.6) is 0 Å². The van der Waals surface area contributed by atoms with Crippen LogP contribution in [-0.2, 0) is 0 Å². The van der Waals surface area contributed by atoms with E-state index in [4.69, 9.17) is 0 Å². The van der Waals surface area contributed by atoms with Crippen LogP contribution in [0.15, 0.2) is 0 Å². The van der Waals surface area contributed by atoms with Gasteiger partial charge in [0.15, 0.2) is 0 Å². The fourth-order valence-electron chi connectivity index (χ4n) is 2.65. The van der Waals surface area contributed by atoms with Crippen molar-refractivity contribution in [3.8, 4) is 0 Å². The van der Waals surface area contributed by atoms with E-state index in [1.54, 1.807) is 0 Å². The maximum atomic E-state index is 9.69. The zero-order valence-electron chi connectivity index (χ0n) is 14.5. The Balaban J connectivity index is 2.99. The lowest BCUT2D eigenvalue weighted by atomic mass is 10.0. The minimum atomic E-state index is -1.24. The van der Waals surface area contributed by atoms with Gasteiger partial charge in [0.2, 0.25) is 0 Å². The maximum absolute atomic E-state index is 9.69. The Morgan fingerprint density at radius 1 is 0.550 bits per heavy atom. The van der Waals surface area contributed by atoms with Gasteiger partial charge in [0.05, 0.1) is 0 Å². The highest BCUT2D eigenvalue weighted by atomic mass is 32.3. The molecule has 0 aromatic carbocycles. The van der Waals surface area contributed by atoms with Crippen molar-refractivity contribution in [2.75, 3.05) is 18.3 Å². The van der Waals surface area contributed by atoms with Crippen LogP contribution < -0.4 is 0 Å². The van der Waals surface area contributed by atoms with Crippen molar-refractivity contribution in [3.63, 3.8) is 0 Å². The topological polar surface area (TPSA) is 20.2 Å². The molecule has 0 aromatic heterocycles. The molecule has 1 nitrogen and oxygen atoms in total. The van der Waals surface area contributed by atoms with Crippen LogP contribution in [0.25, 0.3) is 0 Å². The van der Waals surface area contributed by atoms with Gasteiger partial charge in [-0.05, 0) is 24.7 Å². The van der Waals surface area contributed by atoms with Crippen LogP contribution in [0, 0.1) is 0 Å². The van der Waals surface area contributed by atoms with Crippen LogP contribution in [0.3, 0.4) is 0 Å². The second kappa shape index (κ2) is 14.3. The third kappa shape index (κ3) is 18.3. The van der Waals surface area contributed by atoms with Crippen molar-refractivity contribution in [1.82, 2.24) is 0 Å². The molecule has 0 fully saturated rings. The predicted octanol–water partition coefficient (Wildman–Crippen LogP) is 7.00. The fourth-order valence-corrected chi connectivity index (χ4v) is 3.56. The van der Waals surface area contributed by atoms with Gasteiger partial charge in [0, 0.05) is 0 Å². The summed E-state index contributed by atoms with van der Waals surface area (Å²) in [5, 5.41) is 0. The molecule has 20 heavy (non-hydrogen) atoms. The molecule has 0 amide bonds. The number of hydrogen-bond acceptors (Lipinski definition) is 1. The van der Waals surface area contributed by atoms with E-state index in [1.807, 2.05) is 12.5 Å². The highest BCUT2D eigenvalue weighted by molar-refractivity contribution is 8.28. The van der Waals surface area contributed by atoms with E-state index < -0.39 is 10.3 Å². The average molecular weight is 305 g/mol. The van der Waals surface area contributed by atoms with Crippen molar-refractivity contribution in [2.24, 2.45) is 0 Å². The first kappa shape index (κ1) is 20.3. The lowest BCUT2D eigenvalue weighted by Crippen LogP contribution is -1.98. The summed E-state index contributed by atoms with van der Waals surface area (Å²) < 4.78 is 9.69. The molecule has 0 aliphatic heterocycles. The van der Waals surface area contributed by atoms with E-state index in [0.29, 0.717) is 0 Å². The Kier molecular flexibility index (Phi) is 14.5. The number of hydrogen-bond donors (Lipinski definition) is 1. The van der Waals surface area contributed by atoms with Crippen LogP contribution >= 0.6 is 10.3 Å². The van der Waals surface area contributed by atoms with E-state index >= 15 is 0 Å². The first-order chi connectivity index (χ1) is 9.56. The van der Waals surface area contributed by atoms with Crippen molar-refractivity contribution < 1.29 is 4.55 Å². The van der Waals surface area contributed by atoms with Crippen LogP contribution in [0.2, 0.25) is 0 Å². The van der Waals surface area contributed by atoms with E-state index in [2.05, 4.69) is 6.92 Å². The van der Waals surface area contributed by atoms with Crippen LogP contribution in [-0.4, -0.2) is 22.8 Å². The lowest BCUT2D eigenvalue weighted by Gasteiger charge is -2.22. The monoisotopic (exact) mass is 304 g/mol. The molecule has 0 aliphatic carbocycles. The summed E-state index contributed by atoms with van der Waals surface area (Å²) >= 11 is 0. The van der Waals surface area contributed by atoms with Gasteiger partial charge < -0.3 is 4.55 Å². The Hall–Kier alpha value is 0.310. The smallest absolute Gasteiger partial charge is 0.00176 e. The highest BCUT2D eigenvalue weighted by Gasteiger charge is 2.04. The summed E-state index contributed by atoms with van der Waals surface area (Å²) in [6.45, 7) is 2.28. The molecular formula is C18H40OS. The minimum Gasteiger partial charge on any atom is -0.352 e. The molecule has 0 heterocycles. The Morgan fingerprint density at radius 2 is 0.850 bits per heavy atom. The van der Waals surface area contributed by atoms with Crippen LogP contribution in [0.1, 0.15) is 96.8 Å². The van der Waals surface area contributed by atoms with Gasteiger partial charge in [0.1, 0.15) is 0 Å². The summed E-state index contributed by atoms with van der Waals surface area (Å²) in [6, 6.07) is 0. The highest BCUT2D eigenvalue weighted by Crippen LogP contribution is 2.34. The summed E-state index contributed by atoms with van der Waals surface area (Å²) in [5.41, 5.74) is 0. The quantitative estimate of drug-likeness (QED) is 0.323. The van der Waals surface area contributed by atoms with Crippen molar-refractivity contribution in [3.05, 3.63) is 0 Å². The number of rotatable bonds is 15. The zero-order chi connectivity index (χ0) is 15.1. The van der Waals surface area contributed by atoms with Gasteiger partial charge in [-0.1, -0.05) is 90.4 Å². The number of unbranched alkanes of at least 4 members (excludes halogenated alkanes) is 13. The van der Waals surface area contributed by atoms with Crippen LogP contribution in [0.4, 0.5) is 0 Å². The van der Waals surface area contributed by atoms with Gasteiger partial charge >= 0.3 is 0 Å². The summed E-state index contributed by atoms with van der Waals surface area (Å²) in [5.74, 6) is 1.03. The zero-order valence-corrected chi connectivity index (χ0v) is 15.3. The molecule has 2 heteroatoms. The standard InChI is InChI=1S/C18H40OS/c1-4-5-6-7-8-9-10-11-12-13-14-15-16-17-18-20(2,3)19/h19H,4-18H2,1-3H3. The molecule has 0 saturated carbocycles. The van der Waals surface area contributed by atoms with Gasteiger partial charge in [-0.25, -0.2) is 0 Å². The summed E-state index contributed by atoms with van der Waals surface area (Å²) in [7, 11) is -1.24. The molecule has 0 aromatic rings. The molecule has 124 valence electrons. The lowest BCUT2D eigenvalue weighted by molar-refractivity contribution is 0.537. The Labute approximate surface area is 130 Å². The van der Waals surface area contributed by atoms with Gasteiger partial charge in [-0.2, -0.15) is 0 Å². The predicted molar refractivity (Wildman–Crippen MR) is 97.2 cm³/mol. The molecule has 1 N–H and O–H groups in total. The maximum Gasteiger partial charge on any atom is -0.00176 e. The SMILES string of the molecule is CCCCCCCCCCCCCCCCS(C)(C)O. The molecule has 0 rings (SSSR count). The molecule has 0 unspecified atom stereocenters. The summed E-state index contributed by atoms with van der Waals surface area (Å²) in [6.07, 6.45) is 23.6.